The summed E-state index contributed by atoms with van der Waals surface area (Å²) in [6.07, 6.45) is 3.05. The van der Waals surface area contributed by atoms with Crippen LogP contribution in [0.2, 0.25) is 0 Å². The van der Waals surface area contributed by atoms with Crippen LogP contribution in [0.4, 0.5) is 0 Å². The van der Waals surface area contributed by atoms with Crippen LogP contribution in [0.25, 0.3) is 21.5 Å². The number of nitrogens with zero attached hydrogens (tertiary/aromatic N) is 3. The molecule has 0 spiro atoms. The Labute approximate surface area is 144 Å². The molecule has 7 nitrogen and oxygen atoms in total. The van der Waals surface area contributed by atoms with E-state index in [1.807, 2.05) is 0 Å². The van der Waals surface area contributed by atoms with E-state index < -0.39 is 16.8 Å². The van der Waals surface area contributed by atoms with Crippen molar-refractivity contribution in [3.8, 4) is 17.1 Å². The first-order valence-electron chi connectivity index (χ1n) is 6.78. The molecule has 0 bridgehead atoms. The Morgan fingerprint density at radius 3 is 2.71 bits per heavy atom. The average molecular weight is 363 g/mol. The van der Waals surface area contributed by atoms with Crippen LogP contribution in [-0.2, 0) is 15.5 Å². The van der Waals surface area contributed by atoms with Crippen LogP contribution in [0.1, 0.15) is 9.67 Å². The third-order valence-corrected chi connectivity index (χ3v) is 5.03. The minimum Gasteiger partial charge on any atom is -0.481 e. The summed E-state index contributed by atoms with van der Waals surface area (Å²) in [6, 6.07) is 5.23. The van der Waals surface area contributed by atoms with Gasteiger partial charge in [0, 0.05) is 18.5 Å². The Bertz CT molecular complexity index is 955. The number of carbonyl (C=O) groups is 1. The molecule has 0 aliphatic heterocycles. The van der Waals surface area contributed by atoms with Gasteiger partial charge in [-0.15, -0.1) is 11.3 Å². The topological polar surface area (TPSA) is 91.3 Å². The van der Waals surface area contributed by atoms with Crippen LogP contribution in [0, 0.1) is 0 Å². The fraction of sp³-hybridized carbons (Fsp3) is 0.200. The summed E-state index contributed by atoms with van der Waals surface area (Å²) in [5.41, 5.74) is 1.56. The predicted octanol–water partition coefficient (Wildman–Crippen LogP) is 2.29. The Hall–Kier alpha value is -2.39. The van der Waals surface area contributed by atoms with E-state index in [0.717, 1.165) is 0 Å². The molecule has 3 aromatic rings. The first-order valence-corrected chi connectivity index (χ1v) is 9.15. The van der Waals surface area contributed by atoms with Gasteiger partial charge in [-0.25, -0.2) is 19.7 Å². The van der Waals surface area contributed by atoms with Gasteiger partial charge in [0.1, 0.15) is 4.88 Å². The van der Waals surface area contributed by atoms with Crippen molar-refractivity contribution in [2.24, 2.45) is 0 Å². The van der Waals surface area contributed by atoms with Crippen molar-refractivity contribution in [3.05, 3.63) is 29.3 Å². The van der Waals surface area contributed by atoms with Crippen LogP contribution in [0.15, 0.2) is 29.6 Å². The van der Waals surface area contributed by atoms with Gasteiger partial charge in [0.2, 0.25) is 11.0 Å². The molecule has 24 heavy (non-hydrogen) atoms. The molecule has 0 saturated heterocycles. The number of fused-ring (bicyclic) bond motifs is 1. The van der Waals surface area contributed by atoms with Crippen LogP contribution in [-0.4, -0.2) is 45.6 Å². The number of carbonyl (C=O) groups excluding carboxylic acids is 1. The fourth-order valence-electron chi connectivity index (χ4n) is 2.16. The molecular weight excluding hydrogens is 350 g/mol. The Balaban J connectivity index is 2.34. The number of hydrogen-bond donors (Lipinski definition) is 0. The number of pyridine rings is 1. The van der Waals surface area contributed by atoms with Crippen molar-refractivity contribution < 1.29 is 18.5 Å². The van der Waals surface area contributed by atoms with Gasteiger partial charge in [-0.05, 0) is 6.07 Å². The van der Waals surface area contributed by atoms with Crippen molar-refractivity contribution in [2.75, 3.05) is 20.5 Å². The lowest BCUT2D eigenvalue weighted by Gasteiger charge is -2.05. The zero-order valence-corrected chi connectivity index (χ0v) is 14.7. The van der Waals surface area contributed by atoms with Crippen LogP contribution < -0.4 is 4.74 Å². The van der Waals surface area contributed by atoms with E-state index in [4.69, 9.17) is 9.47 Å². The van der Waals surface area contributed by atoms with Gasteiger partial charge < -0.3 is 9.47 Å². The molecule has 0 amide bonds. The normalized spacial score (nSPS) is 12.1. The maximum atomic E-state index is 12.2. The van der Waals surface area contributed by atoms with E-state index in [2.05, 4.69) is 15.0 Å². The molecule has 1 atom stereocenters. The molecule has 0 aliphatic rings. The molecule has 124 valence electrons. The van der Waals surface area contributed by atoms with Crippen molar-refractivity contribution >= 4 is 38.3 Å². The standard InChI is InChI=1S/C15H13N3O4S2/c1-21-10-6-4-5-8(17-10)11-12-9(23-13(11)14(19)22-2)7-16-15(18-12)24(3)20/h4-7H,1-3H3/t24-/m1/s1. The molecule has 0 fully saturated rings. The molecule has 3 heterocycles. The van der Waals surface area contributed by atoms with E-state index >= 15 is 0 Å². The van der Waals surface area contributed by atoms with Crippen molar-refractivity contribution in [2.45, 2.75) is 5.16 Å². The molecule has 0 N–H and O–H groups in total. The minimum atomic E-state index is -1.34. The second-order valence-corrected chi connectivity index (χ2v) is 7.01. The molecule has 3 aromatic heterocycles. The lowest BCUT2D eigenvalue weighted by molar-refractivity contribution is 0.0607. The highest BCUT2D eigenvalue weighted by molar-refractivity contribution is 7.84. The molecule has 0 saturated carbocycles. The first kappa shape index (κ1) is 16.5. The molecule has 3 rings (SSSR count). The third-order valence-electron chi connectivity index (χ3n) is 3.23. The quantitative estimate of drug-likeness (QED) is 0.519. The van der Waals surface area contributed by atoms with Gasteiger partial charge in [-0.3, -0.25) is 4.21 Å². The second-order valence-electron chi connectivity index (χ2n) is 4.68. The highest BCUT2D eigenvalue weighted by atomic mass is 32.2. The Morgan fingerprint density at radius 1 is 1.25 bits per heavy atom. The van der Waals surface area contributed by atoms with Gasteiger partial charge in [-0.2, -0.15) is 0 Å². The zero-order chi connectivity index (χ0) is 17.3. The summed E-state index contributed by atoms with van der Waals surface area (Å²) < 4.78 is 22.4. The third kappa shape index (κ3) is 2.87. The van der Waals surface area contributed by atoms with E-state index in [1.165, 1.54) is 31.8 Å². The lowest BCUT2D eigenvalue weighted by Crippen LogP contribution is -2.02. The molecular formula is C15H13N3O4S2. The summed E-state index contributed by atoms with van der Waals surface area (Å²) in [4.78, 5) is 25.3. The predicted molar refractivity (Wildman–Crippen MR) is 90.9 cm³/mol. The molecule has 0 unspecified atom stereocenters. The monoisotopic (exact) mass is 363 g/mol. The minimum absolute atomic E-state index is 0.195. The zero-order valence-electron chi connectivity index (χ0n) is 13.1. The van der Waals surface area contributed by atoms with Crippen molar-refractivity contribution in [3.63, 3.8) is 0 Å². The maximum Gasteiger partial charge on any atom is 0.348 e. The number of rotatable bonds is 4. The lowest BCUT2D eigenvalue weighted by atomic mass is 10.1. The summed E-state index contributed by atoms with van der Waals surface area (Å²) in [7, 11) is 1.49. The molecule has 0 aliphatic carbocycles. The summed E-state index contributed by atoms with van der Waals surface area (Å²) in [6.45, 7) is 0. The van der Waals surface area contributed by atoms with Crippen LogP contribution in [0.5, 0.6) is 5.88 Å². The fourth-order valence-corrected chi connectivity index (χ4v) is 3.62. The van der Waals surface area contributed by atoms with Gasteiger partial charge in [0.15, 0.2) is 0 Å². The Kier molecular flexibility index (Phi) is 4.54. The van der Waals surface area contributed by atoms with E-state index in [-0.39, 0.29) is 5.16 Å². The molecule has 0 radical (unpaired) electrons. The summed E-state index contributed by atoms with van der Waals surface area (Å²) in [5, 5.41) is 0.195. The van der Waals surface area contributed by atoms with Crippen molar-refractivity contribution in [1.82, 2.24) is 15.0 Å². The number of aromatic nitrogens is 3. The van der Waals surface area contributed by atoms with Crippen LogP contribution in [0.3, 0.4) is 0 Å². The molecule has 0 aromatic carbocycles. The van der Waals surface area contributed by atoms with E-state index in [9.17, 15) is 9.00 Å². The Morgan fingerprint density at radius 2 is 2.04 bits per heavy atom. The van der Waals surface area contributed by atoms with Crippen LogP contribution >= 0.6 is 11.3 Å². The number of thiophene rings is 1. The average Bonchev–Trinajstić information content (AvgIpc) is 2.99. The number of ether oxygens (including phenoxy) is 2. The highest BCUT2D eigenvalue weighted by Gasteiger charge is 2.23. The van der Waals surface area contributed by atoms with Gasteiger partial charge >= 0.3 is 5.97 Å². The smallest absolute Gasteiger partial charge is 0.348 e. The van der Waals surface area contributed by atoms with Crippen molar-refractivity contribution in [1.29, 1.82) is 0 Å². The maximum absolute atomic E-state index is 12.2. The van der Waals surface area contributed by atoms with Gasteiger partial charge in [-0.1, -0.05) is 6.07 Å². The molecule has 9 heteroatoms. The van der Waals surface area contributed by atoms with Gasteiger partial charge in [0.05, 0.1) is 46.5 Å². The largest absolute Gasteiger partial charge is 0.481 e. The number of methoxy groups -OCH3 is 2. The number of esters is 1. The summed E-state index contributed by atoms with van der Waals surface area (Å²) >= 11 is 1.21. The van der Waals surface area contributed by atoms with E-state index in [0.29, 0.717) is 32.2 Å². The summed E-state index contributed by atoms with van der Waals surface area (Å²) in [5.74, 6) is -0.0761. The second kappa shape index (κ2) is 6.62. The van der Waals surface area contributed by atoms with E-state index in [1.54, 1.807) is 24.4 Å². The first-order chi connectivity index (χ1) is 11.5. The number of hydrogen-bond acceptors (Lipinski definition) is 8. The highest BCUT2D eigenvalue weighted by Crippen LogP contribution is 2.37. The van der Waals surface area contributed by atoms with Gasteiger partial charge in [0.25, 0.3) is 0 Å². The SMILES string of the molecule is COC(=O)c1sc2cnc([S@@](C)=O)nc2c1-c1cccc(OC)n1.